The summed E-state index contributed by atoms with van der Waals surface area (Å²) in [7, 11) is -0.170. The summed E-state index contributed by atoms with van der Waals surface area (Å²) in [5.41, 5.74) is 0. The molecular weight excluding hydrogens is 326 g/mol. The molecule has 0 radical (unpaired) electrons. The fourth-order valence-corrected chi connectivity index (χ4v) is 3.31. The van der Waals surface area contributed by atoms with Crippen LogP contribution in [-0.2, 0) is 9.09 Å². The van der Waals surface area contributed by atoms with Crippen molar-refractivity contribution in [1.82, 2.24) is 0 Å². The Morgan fingerprint density at radius 3 is 1.12 bits per heavy atom. The summed E-state index contributed by atoms with van der Waals surface area (Å²) in [6.07, 6.45) is 25.0. The Bertz CT molecular complexity index is 228. The zero-order valence-electron chi connectivity index (χ0n) is 15.7. The van der Waals surface area contributed by atoms with E-state index < -0.39 is 0 Å². The van der Waals surface area contributed by atoms with Gasteiger partial charge in [0.1, 0.15) is 0 Å². The molecular formula is C20H42NaO2P. The second-order valence-corrected chi connectivity index (χ2v) is 7.33. The molecule has 0 saturated heterocycles. The van der Waals surface area contributed by atoms with E-state index in [1.807, 2.05) is 0 Å². The Morgan fingerprint density at radius 1 is 0.542 bits per heavy atom. The summed E-state index contributed by atoms with van der Waals surface area (Å²) < 4.78 is 14.8. The van der Waals surface area contributed by atoms with Crippen molar-refractivity contribution in [3.8, 4) is 0 Å². The van der Waals surface area contributed by atoms with Gasteiger partial charge in [0.2, 0.25) is 0 Å². The van der Waals surface area contributed by atoms with Crippen molar-refractivity contribution >= 4 is 38.2 Å². The first-order valence-corrected chi connectivity index (χ1v) is 11.1. The quantitative estimate of drug-likeness (QED) is 0.126. The molecule has 140 valence electrons. The predicted molar refractivity (Wildman–Crippen MR) is 109 cm³/mol. The molecule has 0 aliphatic heterocycles. The predicted octanol–water partition coefficient (Wildman–Crippen LogP) is 7.60. The van der Waals surface area contributed by atoms with E-state index in [2.05, 4.69) is 6.92 Å². The second-order valence-electron chi connectivity index (χ2n) is 6.92. The third-order valence-corrected chi connectivity index (χ3v) is 4.93. The number of hydrogen-bond acceptors (Lipinski definition) is 2. The molecule has 0 fully saturated rings. The van der Waals surface area contributed by atoms with Crippen LogP contribution in [0.15, 0.2) is 0 Å². The third kappa shape index (κ3) is 25.3. The third-order valence-electron chi connectivity index (χ3n) is 4.64. The van der Waals surface area contributed by atoms with E-state index in [1.54, 1.807) is 0 Å². The Labute approximate surface area is 175 Å². The van der Waals surface area contributed by atoms with Crippen LogP contribution < -0.4 is 0 Å². The molecule has 0 aromatic rings. The Balaban J connectivity index is 0. The van der Waals surface area contributed by atoms with Gasteiger partial charge in [-0.25, -0.2) is 4.57 Å². The Hall–Kier alpha value is 1.06. The molecule has 0 aliphatic rings. The van der Waals surface area contributed by atoms with Crippen molar-refractivity contribution in [1.29, 1.82) is 0 Å². The molecule has 0 aromatic heterocycles. The summed E-state index contributed by atoms with van der Waals surface area (Å²) in [5.74, 6) is 0. The number of rotatable bonds is 20. The summed E-state index contributed by atoms with van der Waals surface area (Å²) in [4.78, 5) is 0. The average Bonchev–Trinajstić information content (AvgIpc) is 2.57. The van der Waals surface area contributed by atoms with Crippen LogP contribution in [0.4, 0.5) is 0 Å². The number of unbranched alkanes of at least 4 members (excludes halogenated alkanes) is 17. The summed E-state index contributed by atoms with van der Waals surface area (Å²) in [5, 5.41) is 0. The molecule has 0 spiro atoms. The van der Waals surface area contributed by atoms with Gasteiger partial charge in [-0.3, -0.25) is 4.52 Å². The van der Waals surface area contributed by atoms with Crippen LogP contribution >= 0.6 is 8.69 Å². The molecule has 0 amide bonds. The summed E-state index contributed by atoms with van der Waals surface area (Å²) >= 11 is 0. The van der Waals surface area contributed by atoms with Crippen LogP contribution in [-0.4, -0.2) is 36.2 Å². The summed E-state index contributed by atoms with van der Waals surface area (Å²) in [6, 6.07) is 0. The van der Waals surface area contributed by atoms with Crippen molar-refractivity contribution in [2.24, 2.45) is 0 Å². The molecule has 24 heavy (non-hydrogen) atoms. The minimum absolute atomic E-state index is 0. The van der Waals surface area contributed by atoms with Gasteiger partial charge < -0.3 is 0 Å². The molecule has 0 rings (SSSR count). The van der Waals surface area contributed by atoms with E-state index >= 15 is 0 Å². The topological polar surface area (TPSA) is 26.3 Å². The molecule has 4 heteroatoms. The maximum atomic E-state index is 10.1. The fourth-order valence-electron chi connectivity index (χ4n) is 3.11. The molecule has 0 N–H and O–H groups in total. The van der Waals surface area contributed by atoms with Crippen molar-refractivity contribution in [3.63, 3.8) is 0 Å². The average molecular weight is 369 g/mol. The standard InChI is InChI=1S/C20H41O2P.Na.H/c1-2-3-4-5-6-7-8-9-10-11-12-13-14-15-16-17-18-19-20-22-23-21;;/h2-20H2,1H3;;. The van der Waals surface area contributed by atoms with E-state index in [9.17, 15) is 4.57 Å². The molecule has 2 nitrogen and oxygen atoms in total. The van der Waals surface area contributed by atoms with Gasteiger partial charge in [-0.2, -0.15) is 0 Å². The van der Waals surface area contributed by atoms with E-state index in [1.165, 1.54) is 109 Å². The van der Waals surface area contributed by atoms with Gasteiger partial charge in [-0.15, -0.1) is 0 Å². The van der Waals surface area contributed by atoms with Gasteiger partial charge in [-0.05, 0) is 6.42 Å². The molecule has 0 unspecified atom stereocenters. The Kier molecular flexibility index (Phi) is 29.9. The molecule has 0 aliphatic carbocycles. The zero-order valence-corrected chi connectivity index (χ0v) is 16.6. The molecule has 0 aromatic carbocycles. The zero-order chi connectivity index (χ0) is 16.8. The molecule has 0 atom stereocenters. The fraction of sp³-hybridized carbons (Fsp3) is 1.00. The van der Waals surface area contributed by atoms with Crippen LogP contribution in [0.2, 0.25) is 0 Å². The minimum atomic E-state index is -0.170. The first-order chi connectivity index (χ1) is 11.4. The van der Waals surface area contributed by atoms with Crippen LogP contribution in [0.1, 0.15) is 122 Å². The van der Waals surface area contributed by atoms with Gasteiger partial charge in [0.15, 0.2) is 0 Å². The maximum absolute atomic E-state index is 10.1. The van der Waals surface area contributed by atoms with Crippen LogP contribution in [0.5, 0.6) is 0 Å². The molecule has 0 bridgehead atoms. The van der Waals surface area contributed by atoms with Crippen molar-refractivity contribution in [3.05, 3.63) is 0 Å². The summed E-state index contributed by atoms with van der Waals surface area (Å²) in [6.45, 7) is 2.93. The van der Waals surface area contributed by atoms with Crippen LogP contribution in [0.3, 0.4) is 0 Å². The van der Waals surface area contributed by atoms with Gasteiger partial charge in [0, 0.05) is 0 Å². The van der Waals surface area contributed by atoms with Gasteiger partial charge in [0.05, 0.1) is 6.61 Å². The number of hydrogen-bond donors (Lipinski definition) is 0. The van der Waals surface area contributed by atoms with E-state index in [0.717, 1.165) is 6.42 Å². The van der Waals surface area contributed by atoms with Gasteiger partial charge in [0.25, 0.3) is 0 Å². The van der Waals surface area contributed by atoms with Crippen molar-refractivity contribution < 1.29 is 9.09 Å². The van der Waals surface area contributed by atoms with E-state index in [-0.39, 0.29) is 38.2 Å². The normalized spacial score (nSPS) is 10.9. The van der Waals surface area contributed by atoms with E-state index in [4.69, 9.17) is 4.52 Å². The van der Waals surface area contributed by atoms with E-state index in [0.29, 0.717) is 6.61 Å². The van der Waals surface area contributed by atoms with Crippen molar-refractivity contribution in [2.75, 3.05) is 6.61 Å². The SMILES string of the molecule is CCCCCCCCCCCCCCCCCCCCOP=O.[NaH]. The monoisotopic (exact) mass is 368 g/mol. The molecule has 0 heterocycles. The molecule has 0 saturated carbocycles. The first kappa shape index (κ1) is 27.3. The van der Waals surface area contributed by atoms with Crippen LogP contribution in [0.25, 0.3) is 0 Å². The Morgan fingerprint density at radius 2 is 0.833 bits per heavy atom. The van der Waals surface area contributed by atoms with Crippen molar-refractivity contribution in [2.45, 2.75) is 122 Å². The van der Waals surface area contributed by atoms with Gasteiger partial charge in [-0.1, -0.05) is 116 Å². The second kappa shape index (κ2) is 26.3. The van der Waals surface area contributed by atoms with Gasteiger partial charge >= 0.3 is 38.2 Å². The first-order valence-electron chi connectivity index (χ1n) is 10.4. The van der Waals surface area contributed by atoms with Crippen LogP contribution in [0, 0.1) is 0 Å².